The van der Waals surface area contributed by atoms with Crippen LogP contribution in [0.5, 0.6) is 11.5 Å². The van der Waals surface area contributed by atoms with Gasteiger partial charge in [0.2, 0.25) is 5.91 Å². The maximum atomic E-state index is 12.4. The second kappa shape index (κ2) is 10.6. The third-order valence-electron chi connectivity index (χ3n) is 4.29. The number of nitrogens with zero attached hydrogens (tertiary/aromatic N) is 2. The molecule has 0 bridgehead atoms. The molecule has 164 valence electrons. The number of carbonyl (C=O) groups excluding carboxylic acids is 1. The minimum absolute atomic E-state index is 0.0138. The van der Waals surface area contributed by atoms with Crippen molar-refractivity contribution in [1.29, 1.82) is 0 Å². The highest BCUT2D eigenvalue weighted by Crippen LogP contribution is 2.31. The lowest BCUT2D eigenvalue weighted by atomic mass is 10.2. The van der Waals surface area contributed by atoms with Gasteiger partial charge in [-0.25, -0.2) is 0 Å². The second-order valence-electron chi connectivity index (χ2n) is 6.49. The zero-order chi connectivity index (χ0) is 22.4. The largest absolute Gasteiger partial charge is 0.497 e. The van der Waals surface area contributed by atoms with Crippen molar-refractivity contribution in [2.75, 3.05) is 20.3 Å². The van der Waals surface area contributed by atoms with Gasteiger partial charge in [-0.15, -0.1) is 0 Å². The summed E-state index contributed by atoms with van der Waals surface area (Å²) in [5, 5.41) is 20.3. The Balaban J connectivity index is 1.55. The molecule has 1 aromatic heterocycles. The topological polar surface area (TPSA) is 101 Å². The van der Waals surface area contributed by atoms with E-state index in [2.05, 4.69) is 15.5 Å². The highest BCUT2D eigenvalue weighted by molar-refractivity contribution is 7.71. The molecule has 2 aromatic carbocycles. The molecule has 3 rings (SSSR count). The minimum Gasteiger partial charge on any atom is -0.497 e. The molecule has 31 heavy (non-hydrogen) atoms. The van der Waals surface area contributed by atoms with Gasteiger partial charge in [0, 0.05) is 12.1 Å². The summed E-state index contributed by atoms with van der Waals surface area (Å²) in [5.74, 6) is 1.24. The van der Waals surface area contributed by atoms with Gasteiger partial charge in [0.05, 0.1) is 12.1 Å². The first-order chi connectivity index (χ1) is 14.9. The van der Waals surface area contributed by atoms with Crippen molar-refractivity contribution >= 4 is 41.3 Å². The number of benzene rings is 2. The molecule has 11 heteroatoms. The van der Waals surface area contributed by atoms with Crippen LogP contribution >= 0.6 is 35.4 Å². The summed E-state index contributed by atoms with van der Waals surface area (Å²) >= 11 is 17.2. The van der Waals surface area contributed by atoms with Crippen molar-refractivity contribution in [3.63, 3.8) is 0 Å². The first kappa shape index (κ1) is 23.1. The van der Waals surface area contributed by atoms with Crippen LogP contribution < -0.4 is 14.8 Å². The zero-order valence-corrected chi connectivity index (χ0v) is 18.8. The van der Waals surface area contributed by atoms with Crippen LogP contribution in [0, 0.1) is 4.77 Å². The predicted octanol–water partition coefficient (Wildman–Crippen LogP) is 3.48. The summed E-state index contributed by atoms with van der Waals surface area (Å²) in [6.45, 7) is -0.146. The molecule has 0 radical (unpaired) electrons. The minimum atomic E-state index is -0.947. The Kier molecular flexibility index (Phi) is 7.91. The van der Waals surface area contributed by atoms with Crippen molar-refractivity contribution in [1.82, 2.24) is 20.1 Å². The molecule has 0 fully saturated rings. The Morgan fingerprint density at radius 3 is 2.74 bits per heavy atom. The number of aliphatic hydroxyl groups excluding tert-OH is 1. The molecule has 0 spiro atoms. The molecule has 1 atom stereocenters. The number of H-pyrrole nitrogens is 1. The number of methoxy groups -OCH3 is 1. The number of rotatable bonds is 9. The van der Waals surface area contributed by atoms with Gasteiger partial charge in [-0.05, 0) is 48.6 Å². The molecular formula is C20H20Cl2N4O4S. The van der Waals surface area contributed by atoms with Gasteiger partial charge in [0.1, 0.15) is 35.8 Å². The molecule has 0 saturated heterocycles. The van der Waals surface area contributed by atoms with E-state index in [-0.39, 0.29) is 30.6 Å². The molecule has 1 amide bonds. The van der Waals surface area contributed by atoms with Crippen LogP contribution in [0.2, 0.25) is 10.0 Å². The monoisotopic (exact) mass is 482 g/mol. The van der Waals surface area contributed by atoms with Crippen LogP contribution in [-0.2, 0) is 11.3 Å². The van der Waals surface area contributed by atoms with E-state index in [0.29, 0.717) is 27.1 Å². The lowest BCUT2D eigenvalue weighted by Crippen LogP contribution is -2.37. The van der Waals surface area contributed by atoms with E-state index in [1.165, 1.54) is 0 Å². The fourth-order valence-corrected chi connectivity index (χ4v) is 3.24. The quantitative estimate of drug-likeness (QED) is 0.403. The summed E-state index contributed by atoms with van der Waals surface area (Å²) in [5.41, 5.74) is 0.771. The van der Waals surface area contributed by atoms with E-state index in [1.807, 2.05) is 12.1 Å². The van der Waals surface area contributed by atoms with Crippen LogP contribution in [0.1, 0.15) is 0 Å². The van der Waals surface area contributed by atoms with E-state index in [0.717, 1.165) is 5.56 Å². The smallest absolute Gasteiger partial charge is 0.240 e. The number of nitrogens with one attached hydrogen (secondary N) is 2. The Labute approximate surface area is 193 Å². The zero-order valence-electron chi connectivity index (χ0n) is 16.5. The highest BCUT2D eigenvalue weighted by Gasteiger charge is 2.14. The predicted molar refractivity (Wildman–Crippen MR) is 120 cm³/mol. The van der Waals surface area contributed by atoms with Crippen LogP contribution in [-0.4, -0.2) is 52.1 Å². The van der Waals surface area contributed by atoms with Crippen molar-refractivity contribution in [3.8, 4) is 22.9 Å². The van der Waals surface area contributed by atoms with Gasteiger partial charge in [-0.1, -0.05) is 29.3 Å². The number of aliphatic hydroxyl groups is 1. The molecule has 0 aliphatic carbocycles. The van der Waals surface area contributed by atoms with Gasteiger partial charge in [0.15, 0.2) is 10.6 Å². The van der Waals surface area contributed by atoms with Gasteiger partial charge in [-0.2, -0.15) is 5.10 Å². The molecule has 0 aliphatic heterocycles. The fraction of sp³-hybridized carbons (Fsp3) is 0.250. The third kappa shape index (κ3) is 5.98. The van der Waals surface area contributed by atoms with Crippen molar-refractivity contribution in [2.24, 2.45) is 0 Å². The van der Waals surface area contributed by atoms with E-state index in [4.69, 9.17) is 44.9 Å². The number of amides is 1. The van der Waals surface area contributed by atoms with Crippen molar-refractivity contribution in [3.05, 3.63) is 57.3 Å². The third-order valence-corrected chi connectivity index (χ3v) is 5.40. The highest BCUT2D eigenvalue weighted by atomic mass is 35.5. The number of hydrogen-bond acceptors (Lipinski definition) is 6. The maximum absolute atomic E-state index is 12.4. The lowest BCUT2D eigenvalue weighted by Gasteiger charge is -2.15. The first-order valence-corrected chi connectivity index (χ1v) is 10.4. The van der Waals surface area contributed by atoms with Crippen LogP contribution in [0.15, 0.2) is 42.5 Å². The van der Waals surface area contributed by atoms with Gasteiger partial charge in [-0.3, -0.25) is 14.5 Å². The van der Waals surface area contributed by atoms with Crippen LogP contribution in [0.25, 0.3) is 11.4 Å². The number of aromatic nitrogens is 3. The summed E-state index contributed by atoms with van der Waals surface area (Å²) in [4.78, 5) is 12.4. The first-order valence-electron chi connectivity index (χ1n) is 9.20. The average molecular weight is 483 g/mol. The molecule has 1 unspecified atom stereocenters. The Morgan fingerprint density at radius 2 is 2.03 bits per heavy atom. The number of hydrogen-bond donors (Lipinski definition) is 3. The summed E-state index contributed by atoms with van der Waals surface area (Å²) in [7, 11) is 1.58. The standard InChI is InChI=1S/C20H20Cl2N4O4S/c1-29-14-7-5-12(6-8-14)19-24-25-20(31)26(19)10-17(28)23-9-13(27)11-30-16-4-2-3-15(21)18(16)22/h2-8,13,27H,9-11H2,1H3,(H,23,28)(H,25,31). The summed E-state index contributed by atoms with van der Waals surface area (Å²) in [6.07, 6.45) is -0.947. The number of aromatic amines is 1. The van der Waals surface area contributed by atoms with Crippen molar-refractivity contribution in [2.45, 2.75) is 12.6 Å². The molecule has 0 saturated carbocycles. The number of carbonyl (C=O) groups is 1. The van der Waals surface area contributed by atoms with Crippen LogP contribution in [0.3, 0.4) is 0 Å². The van der Waals surface area contributed by atoms with Crippen molar-refractivity contribution < 1.29 is 19.4 Å². The molecular weight excluding hydrogens is 463 g/mol. The number of ether oxygens (including phenoxy) is 2. The lowest BCUT2D eigenvalue weighted by molar-refractivity contribution is -0.122. The molecule has 8 nitrogen and oxygen atoms in total. The summed E-state index contributed by atoms with van der Waals surface area (Å²) < 4.78 is 12.5. The Hall–Kier alpha value is -2.59. The average Bonchev–Trinajstić information content (AvgIpc) is 3.13. The Bertz CT molecular complexity index is 1100. The molecule has 0 aliphatic rings. The van der Waals surface area contributed by atoms with Gasteiger partial charge < -0.3 is 19.9 Å². The molecule has 3 aromatic rings. The maximum Gasteiger partial charge on any atom is 0.240 e. The Morgan fingerprint density at radius 1 is 1.29 bits per heavy atom. The van der Waals surface area contributed by atoms with E-state index >= 15 is 0 Å². The van der Waals surface area contributed by atoms with E-state index in [1.54, 1.807) is 42.0 Å². The summed E-state index contributed by atoms with van der Waals surface area (Å²) in [6, 6.07) is 12.2. The van der Waals surface area contributed by atoms with Gasteiger partial charge >= 0.3 is 0 Å². The van der Waals surface area contributed by atoms with E-state index < -0.39 is 6.10 Å². The van der Waals surface area contributed by atoms with Crippen LogP contribution in [0.4, 0.5) is 0 Å². The number of halogens is 2. The van der Waals surface area contributed by atoms with Gasteiger partial charge in [0.25, 0.3) is 0 Å². The fourth-order valence-electron chi connectivity index (χ4n) is 2.70. The van der Waals surface area contributed by atoms with E-state index in [9.17, 15) is 9.90 Å². The second-order valence-corrected chi connectivity index (χ2v) is 7.66. The normalized spacial score (nSPS) is 11.7. The molecule has 3 N–H and O–H groups in total. The SMILES string of the molecule is COc1ccc(-c2n[nH]c(=S)n2CC(=O)NCC(O)COc2cccc(Cl)c2Cl)cc1. The molecule has 1 heterocycles.